The number of rotatable bonds is 11. The van der Waals surface area contributed by atoms with E-state index in [9.17, 15) is 18.0 Å². The molecule has 0 heterocycles. The number of carbonyl (C=O) groups is 2. The van der Waals surface area contributed by atoms with Crippen LogP contribution in [0.5, 0.6) is 0 Å². The molecule has 34 heavy (non-hydrogen) atoms. The Balaban J connectivity index is 2.39. The second-order valence-corrected chi connectivity index (χ2v) is 11.4. The first-order valence-electron chi connectivity index (χ1n) is 10.7. The lowest BCUT2D eigenvalue weighted by molar-refractivity contribution is -0.139. The van der Waals surface area contributed by atoms with Gasteiger partial charge in [-0.3, -0.25) is 13.9 Å². The van der Waals surface area contributed by atoms with E-state index in [0.29, 0.717) is 6.54 Å². The lowest BCUT2D eigenvalue weighted by atomic mass is 10.1. The Labute approximate surface area is 219 Å². The zero-order valence-corrected chi connectivity index (χ0v) is 23.1. The van der Waals surface area contributed by atoms with Crippen molar-refractivity contribution in [1.29, 1.82) is 0 Å². The molecule has 0 saturated heterocycles. The molecular formula is C23H28BrCl2N3O4S. The van der Waals surface area contributed by atoms with E-state index in [2.05, 4.69) is 21.2 Å². The third kappa shape index (κ3) is 7.86. The molecule has 0 aliphatic heterocycles. The highest BCUT2D eigenvalue weighted by Gasteiger charge is 2.31. The summed E-state index contributed by atoms with van der Waals surface area (Å²) in [6.07, 6.45) is 2.71. The summed E-state index contributed by atoms with van der Waals surface area (Å²) in [4.78, 5) is 27.6. The molecule has 0 aromatic heterocycles. The van der Waals surface area contributed by atoms with Crippen LogP contribution in [0.15, 0.2) is 46.9 Å². The van der Waals surface area contributed by atoms with Gasteiger partial charge in [-0.05, 0) is 43.2 Å². The highest BCUT2D eigenvalue weighted by molar-refractivity contribution is 9.10. The zero-order chi connectivity index (χ0) is 25.5. The number of nitrogens with zero attached hydrogens (tertiary/aromatic N) is 2. The minimum absolute atomic E-state index is 0.0197. The van der Waals surface area contributed by atoms with Crippen LogP contribution in [-0.4, -0.2) is 50.5 Å². The molecule has 1 unspecified atom stereocenters. The normalized spacial score (nSPS) is 12.2. The van der Waals surface area contributed by atoms with E-state index in [4.69, 9.17) is 23.2 Å². The number of benzene rings is 2. The van der Waals surface area contributed by atoms with Crippen LogP contribution < -0.4 is 9.62 Å². The van der Waals surface area contributed by atoms with Gasteiger partial charge in [0.05, 0.1) is 22.0 Å². The highest BCUT2D eigenvalue weighted by Crippen LogP contribution is 2.33. The Morgan fingerprint density at radius 2 is 1.82 bits per heavy atom. The fourth-order valence-corrected chi connectivity index (χ4v) is 4.98. The summed E-state index contributed by atoms with van der Waals surface area (Å²) in [6.45, 7) is 3.70. The number of unbranched alkanes of at least 4 members (excludes halogenated alkanes) is 1. The Bertz CT molecular complexity index is 1130. The minimum atomic E-state index is -3.89. The van der Waals surface area contributed by atoms with Crippen molar-refractivity contribution in [2.45, 2.75) is 39.3 Å². The molecule has 0 aliphatic rings. The summed E-state index contributed by atoms with van der Waals surface area (Å²) in [6, 6.07) is 11.1. The molecule has 7 nitrogen and oxygen atoms in total. The number of carbonyl (C=O) groups excluding carboxylic acids is 2. The summed E-state index contributed by atoms with van der Waals surface area (Å²) >= 11 is 15.7. The lowest BCUT2D eigenvalue weighted by Gasteiger charge is -2.31. The van der Waals surface area contributed by atoms with Gasteiger partial charge in [0.2, 0.25) is 21.8 Å². The summed E-state index contributed by atoms with van der Waals surface area (Å²) in [5.74, 6) is -0.872. The van der Waals surface area contributed by atoms with Crippen LogP contribution in [0.3, 0.4) is 0 Å². The third-order valence-electron chi connectivity index (χ3n) is 5.12. The fraction of sp³-hybridized carbons (Fsp3) is 0.391. The molecule has 0 spiro atoms. The number of sulfonamides is 1. The Kier molecular flexibility index (Phi) is 10.7. The molecule has 2 aromatic rings. The topological polar surface area (TPSA) is 86.8 Å². The van der Waals surface area contributed by atoms with Crippen molar-refractivity contribution in [3.05, 3.63) is 62.5 Å². The Morgan fingerprint density at radius 3 is 2.44 bits per heavy atom. The van der Waals surface area contributed by atoms with Crippen molar-refractivity contribution in [3.63, 3.8) is 0 Å². The molecule has 2 amide bonds. The zero-order valence-electron chi connectivity index (χ0n) is 19.2. The van der Waals surface area contributed by atoms with Gasteiger partial charge in [-0.25, -0.2) is 8.42 Å². The van der Waals surface area contributed by atoms with Crippen molar-refractivity contribution < 1.29 is 18.0 Å². The smallest absolute Gasteiger partial charge is 0.244 e. The van der Waals surface area contributed by atoms with Gasteiger partial charge in [0.15, 0.2) is 0 Å². The first kappa shape index (κ1) is 28.4. The van der Waals surface area contributed by atoms with Gasteiger partial charge in [0.25, 0.3) is 0 Å². The van der Waals surface area contributed by atoms with E-state index in [1.807, 2.05) is 31.2 Å². The number of hydrogen-bond donors (Lipinski definition) is 1. The second-order valence-electron chi connectivity index (χ2n) is 7.81. The predicted octanol–water partition coefficient (Wildman–Crippen LogP) is 4.86. The maximum atomic E-state index is 13.5. The molecule has 0 fully saturated rings. The molecule has 1 atom stereocenters. The van der Waals surface area contributed by atoms with Crippen LogP contribution in [0.4, 0.5) is 5.69 Å². The fourth-order valence-electron chi connectivity index (χ4n) is 3.23. The maximum Gasteiger partial charge on any atom is 0.244 e. The van der Waals surface area contributed by atoms with Gasteiger partial charge < -0.3 is 10.2 Å². The molecule has 1 N–H and O–H groups in total. The number of hydrogen-bond acceptors (Lipinski definition) is 4. The molecule has 0 bridgehead atoms. The SMILES string of the molecule is CCCCNC(=O)C(C)N(Cc1cccc(Br)c1)C(=O)CN(c1cccc(Cl)c1Cl)S(C)(=O)=O. The molecular weight excluding hydrogens is 565 g/mol. The number of amides is 2. The monoisotopic (exact) mass is 591 g/mol. The molecule has 11 heteroatoms. The summed E-state index contributed by atoms with van der Waals surface area (Å²) < 4.78 is 26.9. The first-order chi connectivity index (χ1) is 16.0. The van der Waals surface area contributed by atoms with Gasteiger partial charge in [0.1, 0.15) is 12.6 Å². The molecule has 2 rings (SSSR count). The summed E-state index contributed by atoms with van der Waals surface area (Å²) in [7, 11) is -3.89. The van der Waals surface area contributed by atoms with Crippen LogP contribution in [0.2, 0.25) is 10.0 Å². The first-order valence-corrected chi connectivity index (χ1v) is 14.1. The summed E-state index contributed by atoms with van der Waals surface area (Å²) in [5, 5.41) is 3.02. The molecule has 0 saturated carbocycles. The largest absolute Gasteiger partial charge is 0.354 e. The van der Waals surface area contributed by atoms with Gasteiger partial charge in [-0.2, -0.15) is 0 Å². The van der Waals surface area contributed by atoms with Crippen LogP contribution >= 0.6 is 39.1 Å². The Hall–Kier alpha value is -1.81. The minimum Gasteiger partial charge on any atom is -0.354 e. The van der Waals surface area contributed by atoms with Crippen molar-refractivity contribution in [3.8, 4) is 0 Å². The van der Waals surface area contributed by atoms with Gasteiger partial charge in [-0.15, -0.1) is 0 Å². The number of nitrogens with one attached hydrogen (secondary N) is 1. The van der Waals surface area contributed by atoms with Crippen molar-refractivity contribution in [2.24, 2.45) is 0 Å². The number of halogens is 3. The van der Waals surface area contributed by atoms with E-state index < -0.39 is 28.5 Å². The highest BCUT2D eigenvalue weighted by atomic mass is 79.9. The molecule has 0 radical (unpaired) electrons. The van der Waals surface area contributed by atoms with Crippen LogP contribution in [0.1, 0.15) is 32.3 Å². The number of anilines is 1. The molecule has 186 valence electrons. The quantitative estimate of drug-likeness (QED) is 0.378. The average molecular weight is 593 g/mol. The summed E-state index contributed by atoms with van der Waals surface area (Å²) in [5.41, 5.74) is 0.870. The lowest BCUT2D eigenvalue weighted by Crippen LogP contribution is -2.51. The van der Waals surface area contributed by atoms with E-state index in [-0.39, 0.29) is 28.2 Å². The Morgan fingerprint density at radius 1 is 1.15 bits per heavy atom. The third-order valence-corrected chi connectivity index (χ3v) is 7.55. The van der Waals surface area contributed by atoms with Crippen molar-refractivity contribution >= 4 is 66.7 Å². The average Bonchev–Trinajstić information content (AvgIpc) is 2.76. The van der Waals surface area contributed by atoms with Gasteiger partial charge >= 0.3 is 0 Å². The molecule has 0 aliphatic carbocycles. The van der Waals surface area contributed by atoms with Crippen molar-refractivity contribution in [2.75, 3.05) is 23.7 Å². The molecule has 2 aromatic carbocycles. The van der Waals surface area contributed by atoms with Gasteiger partial charge in [0, 0.05) is 17.6 Å². The van der Waals surface area contributed by atoms with E-state index in [1.54, 1.807) is 13.0 Å². The van der Waals surface area contributed by atoms with E-state index in [1.165, 1.54) is 17.0 Å². The van der Waals surface area contributed by atoms with Crippen LogP contribution in [-0.2, 0) is 26.2 Å². The standard InChI is InChI=1S/C23H28BrCl2N3O4S/c1-4-5-12-27-23(31)16(2)28(14-17-8-6-9-18(24)13-17)21(30)15-29(34(3,32)33)20-11-7-10-19(25)22(20)26/h6-11,13,16H,4-5,12,14-15H2,1-3H3,(H,27,31). The van der Waals surface area contributed by atoms with Crippen LogP contribution in [0.25, 0.3) is 0 Å². The predicted molar refractivity (Wildman–Crippen MR) is 141 cm³/mol. The second kappa shape index (κ2) is 12.8. The van der Waals surface area contributed by atoms with Crippen molar-refractivity contribution in [1.82, 2.24) is 10.2 Å². The van der Waals surface area contributed by atoms with E-state index in [0.717, 1.165) is 33.4 Å². The van der Waals surface area contributed by atoms with E-state index >= 15 is 0 Å². The van der Waals surface area contributed by atoms with Crippen LogP contribution in [0, 0.1) is 0 Å². The maximum absolute atomic E-state index is 13.5. The van der Waals surface area contributed by atoms with Gasteiger partial charge in [-0.1, -0.05) is 70.7 Å².